The van der Waals surface area contributed by atoms with Crippen molar-refractivity contribution in [3.63, 3.8) is 0 Å². The van der Waals surface area contributed by atoms with Crippen LogP contribution in [0.15, 0.2) is 42.5 Å². The number of carbonyl (C=O) groups is 1. The summed E-state index contributed by atoms with van der Waals surface area (Å²) >= 11 is 0. The number of rotatable bonds is 9. The van der Waals surface area contributed by atoms with Crippen molar-refractivity contribution >= 4 is 5.78 Å². The highest BCUT2D eigenvalue weighted by molar-refractivity contribution is 5.75. The van der Waals surface area contributed by atoms with Crippen LogP contribution >= 0.6 is 0 Å². The van der Waals surface area contributed by atoms with Crippen molar-refractivity contribution in [2.45, 2.75) is 26.2 Å². The molecule has 0 aliphatic carbocycles. The molecule has 0 unspecified atom stereocenters. The van der Waals surface area contributed by atoms with E-state index in [-0.39, 0.29) is 12.6 Å². The van der Waals surface area contributed by atoms with E-state index in [2.05, 4.69) is 0 Å². The van der Waals surface area contributed by atoms with E-state index in [0.717, 1.165) is 41.4 Å². The van der Waals surface area contributed by atoms with Crippen molar-refractivity contribution in [2.24, 2.45) is 0 Å². The average molecular weight is 342 g/mol. The van der Waals surface area contributed by atoms with Crippen LogP contribution in [0.5, 0.6) is 23.0 Å². The van der Waals surface area contributed by atoms with Gasteiger partial charge in [-0.1, -0.05) is 12.1 Å². The Morgan fingerprint density at radius 3 is 2.40 bits per heavy atom. The highest BCUT2D eigenvalue weighted by atomic mass is 16.7. The number of Topliss-reactive ketones (excluding diaryl/α,β-unsaturated/α-hetero) is 1. The zero-order valence-corrected chi connectivity index (χ0v) is 14.3. The minimum atomic E-state index is 0.211. The Morgan fingerprint density at radius 2 is 1.64 bits per heavy atom. The summed E-state index contributed by atoms with van der Waals surface area (Å²) in [4.78, 5) is 11.0. The van der Waals surface area contributed by atoms with Crippen LogP contribution in [0.1, 0.15) is 25.3 Å². The molecule has 3 rings (SSSR count). The Hall–Kier alpha value is -2.69. The van der Waals surface area contributed by atoms with Crippen LogP contribution in [0.4, 0.5) is 0 Å². The lowest BCUT2D eigenvalue weighted by Crippen LogP contribution is -2.05. The second-order valence-corrected chi connectivity index (χ2v) is 5.91. The summed E-state index contributed by atoms with van der Waals surface area (Å²) in [6.45, 7) is 3.02. The van der Waals surface area contributed by atoms with Gasteiger partial charge in [0.05, 0.1) is 13.2 Å². The molecule has 2 aromatic carbocycles. The number of carbonyl (C=O) groups excluding carboxylic acids is 1. The number of aryl methyl sites for hydroxylation is 1. The molecule has 2 aromatic rings. The van der Waals surface area contributed by atoms with E-state index in [9.17, 15) is 4.79 Å². The largest absolute Gasteiger partial charge is 0.493 e. The third-order valence-corrected chi connectivity index (χ3v) is 3.86. The summed E-state index contributed by atoms with van der Waals surface area (Å²) in [5.41, 5.74) is 1.15. The molecule has 0 spiro atoms. The van der Waals surface area contributed by atoms with Gasteiger partial charge in [0.25, 0.3) is 0 Å². The van der Waals surface area contributed by atoms with Crippen molar-refractivity contribution in [1.82, 2.24) is 0 Å². The molecule has 0 saturated carbocycles. The summed E-state index contributed by atoms with van der Waals surface area (Å²) in [7, 11) is 0. The van der Waals surface area contributed by atoms with E-state index in [4.69, 9.17) is 18.9 Å². The van der Waals surface area contributed by atoms with Crippen LogP contribution in [0.2, 0.25) is 0 Å². The maximum atomic E-state index is 11.0. The molecule has 0 radical (unpaired) electrons. The quantitative estimate of drug-likeness (QED) is 0.649. The van der Waals surface area contributed by atoms with Crippen LogP contribution < -0.4 is 18.9 Å². The van der Waals surface area contributed by atoms with Crippen molar-refractivity contribution in [3.05, 3.63) is 48.0 Å². The summed E-state index contributed by atoms with van der Waals surface area (Å²) < 4.78 is 22.0. The lowest BCUT2D eigenvalue weighted by atomic mass is 10.1. The van der Waals surface area contributed by atoms with Gasteiger partial charge in [-0.2, -0.15) is 0 Å². The number of fused-ring (bicyclic) bond motifs is 1. The van der Waals surface area contributed by atoms with Crippen molar-refractivity contribution in [1.29, 1.82) is 0 Å². The highest BCUT2D eigenvalue weighted by Crippen LogP contribution is 2.35. The number of ether oxygens (including phenoxy) is 4. The molecule has 0 N–H and O–H groups in total. The standard InChI is InChI=1S/C20H22O5/c1-15(21)3-4-16-5-7-17(8-6-16)22-11-2-12-23-18-9-10-19-20(13-18)25-14-24-19/h5-10,13H,2-4,11-12,14H2,1H3. The van der Waals surface area contributed by atoms with E-state index >= 15 is 0 Å². The van der Waals surface area contributed by atoms with E-state index in [1.807, 2.05) is 42.5 Å². The summed E-state index contributed by atoms with van der Waals surface area (Å²) in [5.74, 6) is 3.28. The van der Waals surface area contributed by atoms with Crippen LogP contribution in [-0.2, 0) is 11.2 Å². The summed E-state index contributed by atoms with van der Waals surface area (Å²) in [6.07, 6.45) is 2.14. The number of ketones is 1. The molecule has 5 nitrogen and oxygen atoms in total. The van der Waals surface area contributed by atoms with Crippen molar-refractivity contribution in [3.8, 4) is 23.0 Å². The molecule has 132 valence electrons. The molecule has 0 fully saturated rings. The first-order valence-corrected chi connectivity index (χ1v) is 8.44. The molecule has 1 aliphatic rings. The fourth-order valence-corrected chi connectivity index (χ4v) is 2.48. The molecule has 0 aromatic heterocycles. The second-order valence-electron chi connectivity index (χ2n) is 5.91. The molecule has 0 amide bonds. The SMILES string of the molecule is CC(=O)CCc1ccc(OCCCOc2ccc3c(c2)OCO3)cc1. The Bertz CT molecular complexity index is 709. The third kappa shape index (κ3) is 5.14. The predicted octanol–water partition coefficient (Wildman–Crippen LogP) is 3.78. The van der Waals surface area contributed by atoms with Crippen molar-refractivity contribution in [2.75, 3.05) is 20.0 Å². The molecule has 1 heterocycles. The number of hydrogen-bond acceptors (Lipinski definition) is 5. The zero-order chi connectivity index (χ0) is 17.5. The van der Waals surface area contributed by atoms with Gasteiger partial charge >= 0.3 is 0 Å². The van der Waals surface area contributed by atoms with Gasteiger partial charge < -0.3 is 23.7 Å². The maximum Gasteiger partial charge on any atom is 0.231 e. The van der Waals surface area contributed by atoms with Gasteiger partial charge in [-0.3, -0.25) is 0 Å². The number of benzene rings is 2. The minimum absolute atomic E-state index is 0.211. The topological polar surface area (TPSA) is 54.0 Å². The van der Waals surface area contributed by atoms with Gasteiger partial charge in [0.1, 0.15) is 17.3 Å². The van der Waals surface area contributed by atoms with Crippen LogP contribution in [-0.4, -0.2) is 25.8 Å². The third-order valence-electron chi connectivity index (χ3n) is 3.86. The minimum Gasteiger partial charge on any atom is -0.493 e. The first kappa shape index (κ1) is 17.1. The average Bonchev–Trinajstić information content (AvgIpc) is 3.08. The van der Waals surface area contributed by atoms with E-state index in [1.165, 1.54) is 0 Å². The van der Waals surface area contributed by atoms with Crippen LogP contribution in [0, 0.1) is 0 Å². The molecule has 25 heavy (non-hydrogen) atoms. The smallest absolute Gasteiger partial charge is 0.231 e. The Balaban J connectivity index is 1.35. The van der Waals surface area contributed by atoms with Crippen molar-refractivity contribution < 1.29 is 23.7 Å². The van der Waals surface area contributed by atoms with Gasteiger partial charge in [0.15, 0.2) is 11.5 Å². The molecule has 5 heteroatoms. The van der Waals surface area contributed by atoms with Crippen LogP contribution in [0.3, 0.4) is 0 Å². The Morgan fingerprint density at radius 1 is 0.960 bits per heavy atom. The highest BCUT2D eigenvalue weighted by Gasteiger charge is 2.13. The van der Waals surface area contributed by atoms with Gasteiger partial charge in [-0.25, -0.2) is 0 Å². The Labute approximate surface area is 147 Å². The predicted molar refractivity (Wildman–Crippen MR) is 93.6 cm³/mol. The molecular weight excluding hydrogens is 320 g/mol. The summed E-state index contributed by atoms with van der Waals surface area (Å²) in [6, 6.07) is 13.4. The van der Waals surface area contributed by atoms with E-state index in [0.29, 0.717) is 19.6 Å². The fraction of sp³-hybridized carbons (Fsp3) is 0.350. The molecule has 0 bridgehead atoms. The first-order valence-electron chi connectivity index (χ1n) is 8.44. The number of hydrogen-bond donors (Lipinski definition) is 0. The second kappa shape index (κ2) is 8.42. The van der Waals surface area contributed by atoms with Gasteiger partial charge in [0, 0.05) is 18.9 Å². The summed E-state index contributed by atoms with van der Waals surface area (Å²) in [5, 5.41) is 0. The van der Waals surface area contributed by atoms with E-state index < -0.39 is 0 Å². The normalized spacial score (nSPS) is 12.0. The fourth-order valence-electron chi connectivity index (χ4n) is 2.48. The van der Waals surface area contributed by atoms with E-state index in [1.54, 1.807) is 6.92 Å². The molecule has 1 aliphatic heterocycles. The van der Waals surface area contributed by atoms with Gasteiger partial charge in [-0.05, 0) is 43.2 Å². The Kier molecular flexibility index (Phi) is 5.77. The molecular formula is C20H22O5. The van der Waals surface area contributed by atoms with Gasteiger partial charge in [-0.15, -0.1) is 0 Å². The molecule has 0 atom stereocenters. The lowest BCUT2D eigenvalue weighted by Gasteiger charge is -2.09. The molecule has 0 saturated heterocycles. The monoisotopic (exact) mass is 342 g/mol. The lowest BCUT2D eigenvalue weighted by molar-refractivity contribution is -0.116. The zero-order valence-electron chi connectivity index (χ0n) is 14.3. The van der Waals surface area contributed by atoms with Gasteiger partial charge in [0.2, 0.25) is 6.79 Å². The first-order chi connectivity index (χ1) is 12.2. The van der Waals surface area contributed by atoms with Crippen LogP contribution in [0.25, 0.3) is 0 Å². The maximum absolute atomic E-state index is 11.0.